The summed E-state index contributed by atoms with van der Waals surface area (Å²) in [7, 11) is 0. The average molecular weight is 264 g/mol. The molecule has 0 aromatic carbocycles. The van der Waals surface area contributed by atoms with E-state index in [-0.39, 0.29) is 11.8 Å². The Labute approximate surface area is 116 Å². The third-order valence-corrected chi connectivity index (χ3v) is 7.04. The number of hydrogen-bond donors (Lipinski definition) is 2. The zero-order valence-electron chi connectivity index (χ0n) is 12.8. The van der Waals surface area contributed by atoms with Crippen molar-refractivity contribution < 1.29 is 4.79 Å². The molecule has 0 radical (unpaired) electrons. The topological polar surface area (TPSA) is 41.1 Å². The average Bonchev–Trinajstić information content (AvgIpc) is 2.59. The Morgan fingerprint density at radius 2 is 2.00 bits per heavy atom. The van der Waals surface area contributed by atoms with E-state index in [2.05, 4.69) is 38.3 Å². The van der Waals surface area contributed by atoms with Crippen molar-refractivity contribution in [3.8, 4) is 0 Å². The molecule has 3 aliphatic rings. The molecule has 2 saturated carbocycles. The molecule has 2 bridgehead atoms. The molecular formula is C16H28N2O. The molecule has 1 aliphatic heterocycles. The number of carbonyl (C=O) groups excluding carboxylic acids is 1. The van der Waals surface area contributed by atoms with Crippen molar-refractivity contribution in [3.05, 3.63) is 0 Å². The lowest BCUT2D eigenvalue weighted by Gasteiger charge is -2.40. The second-order valence-electron chi connectivity index (χ2n) is 7.88. The van der Waals surface area contributed by atoms with Gasteiger partial charge in [0.05, 0.1) is 0 Å². The molecule has 0 aromatic heterocycles. The van der Waals surface area contributed by atoms with E-state index in [4.69, 9.17) is 0 Å². The lowest BCUT2D eigenvalue weighted by Crippen LogP contribution is -2.53. The molecule has 2 aliphatic carbocycles. The number of rotatable bonds is 3. The molecule has 4 atom stereocenters. The van der Waals surface area contributed by atoms with Gasteiger partial charge in [-0.1, -0.05) is 27.7 Å². The van der Waals surface area contributed by atoms with Gasteiger partial charge >= 0.3 is 0 Å². The largest absolute Gasteiger partial charge is 0.353 e. The second kappa shape index (κ2) is 4.21. The minimum Gasteiger partial charge on any atom is -0.353 e. The molecule has 1 amide bonds. The van der Waals surface area contributed by atoms with Crippen LogP contribution in [0.4, 0.5) is 0 Å². The molecule has 4 unspecified atom stereocenters. The van der Waals surface area contributed by atoms with Gasteiger partial charge in [0.15, 0.2) is 0 Å². The summed E-state index contributed by atoms with van der Waals surface area (Å²) < 4.78 is 0. The Balaban J connectivity index is 1.66. The fourth-order valence-corrected chi connectivity index (χ4v) is 4.60. The van der Waals surface area contributed by atoms with E-state index in [1.807, 2.05) is 0 Å². The highest BCUT2D eigenvalue weighted by atomic mass is 16.2. The summed E-state index contributed by atoms with van der Waals surface area (Å²) in [6.07, 6.45) is 3.80. The maximum absolute atomic E-state index is 12.4. The van der Waals surface area contributed by atoms with Crippen molar-refractivity contribution >= 4 is 5.91 Å². The molecule has 3 heteroatoms. The highest BCUT2D eigenvalue weighted by molar-refractivity contribution is 5.79. The number of fused-ring (bicyclic) bond motifs is 2. The SMILES string of the molecule is CC(C(=O)NC1CC2CCC1(C)C2(C)C)C1CNC1. The summed E-state index contributed by atoms with van der Waals surface area (Å²) in [5.41, 5.74) is 0.678. The van der Waals surface area contributed by atoms with Gasteiger partial charge in [-0.25, -0.2) is 0 Å². The van der Waals surface area contributed by atoms with Crippen LogP contribution in [0.3, 0.4) is 0 Å². The number of nitrogens with one attached hydrogen (secondary N) is 2. The summed E-state index contributed by atoms with van der Waals surface area (Å²) in [6.45, 7) is 11.3. The molecule has 2 N–H and O–H groups in total. The minimum absolute atomic E-state index is 0.159. The highest BCUT2D eigenvalue weighted by Gasteiger charge is 2.61. The van der Waals surface area contributed by atoms with E-state index in [0.717, 1.165) is 19.0 Å². The first-order valence-electron chi connectivity index (χ1n) is 7.87. The van der Waals surface area contributed by atoms with Crippen LogP contribution in [0.5, 0.6) is 0 Å². The van der Waals surface area contributed by atoms with Gasteiger partial charge < -0.3 is 10.6 Å². The molecule has 1 heterocycles. The van der Waals surface area contributed by atoms with Gasteiger partial charge in [-0.15, -0.1) is 0 Å². The van der Waals surface area contributed by atoms with Crippen molar-refractivity contribution in [1.29, 1.82) is 0 Å². The number of amides is 1. The van der Waals surface area contributed by atoms with Crippen LogP contribution in [-0.4, -0.2) is 25.0 Å². The van der Waals surface area contributed by atoms with E-state index in [1.165, 1.54) is 19.3 Å². The summed E-state index contributed by atoms with van der Waals surface area (Å²) in [5, 5.41) is 6.65. The maximum Gasteiger partial charge on any atom is 0.223 e. The lowest BCUT2D eigenvalue weighted by atomic mass is 9.69. The van der Waals surface area contributed by atoms with Crippen LogP contribution in [0.1, 0.15) is 47.0 Å². The van der Waals surface area contributed by atoms with Crippen LogP contribution < -0.4 is 10.6 Å². The van der Waals surface area contributed by atoms with Gasteiger partial charge in [0.2, 0.25) is 5.91 Å². The van der Waals surface area contributed by atoms with E-state index >= 15 is 0 Å². The van der Waals surface area contributed by atoms with Gasteiger partial charge in [-0.2, -0.15) is 0 Å². The third kappa shape index (κ3) is 1.77. The van der Waals surface area contributed by atoms with Crippen molar-refractivity contribution in [1.82, 2.24) is 10.6 Å². The Bertz CT molecular complexity index is 388. The van der Waals surface area contributed by atoms with Crippen molar-refractivity contribution in [2.45, 2.75) is 53.0 Å². The smallest absolute Gasteiger partial charge is 0.223 e. The quantitative estimate of drug-likeness (QED) is 0.820. The number of carbonyl (C=O) groups is 1. The van der Waals surface area contributed by atoms with Crippen molar-refractivity contribution in [2.75, 3.05) is 13.1 Å². The zero-order valence-corrected chi connectivity index (χ0v) is 12.8. The molecular weight excluding hydrogens is 236 g/mol. The standard InChI is InChI=1S/C16H28N2O/c1-10(11-8-17-9-11)14(19)18-13-7-12-5-6-16(13,4)15(12,2)3/h10-13,17H,5-9H2,1-4H3,(H,18,19). The molecule has 3 fully saturated rings. The summed E-state index contributed by atoms with van der Waals surface area (Å²) in [4.78, 5) is 12.4. The first-order chi connectivity index (χ1) is 8.86. The van der Waals surface area contributed by atoms with Crippen LogP contribution >= 0.6 is 0 Å². The summed E-state index contributed by atoms with van der Waals surface area (Å²) in [5.74, 6) is 1.77. The molecule has 0 spiro atoms. The fourth-order valence-electron chi connectivity index (χ4n) is 4.60. The van der Waals surface area contributed by atoms with Gasteiger partial charge in [0.1, 0.15) is 0 Å². The van der Waals surface area contributed by atoms with E-state index in [9.17, 15) is 4.79 Å². The van der Waals surface area contributed by atoms with Crippen LogP contribution in [0, 0.1) is 28.6 Å². The van der Waals surface area contributed by atoms with Gasteiger partial charge in [0, 0.05) is 12.0 Å². The van der Waals surface area contributed by atoms with E-state index < -0.39 is 0 Å². The second-order valence-corrected chi connectivity index (χ2v) is 7.88. The van der Waals surface area contributed by atoms with Crippen molar-refractivity contribution in [3.63, 3.8) is 0 Å². The fraction of sp³-hybridized carbons (Fsp3) is 0.938. The molecule has 1 saturated heterocycles. The Morgan fingerprint density at radius 3 is 2.42 bits per heavy atom. The Hall–Kier alpha value is -0.570. The molecule has 3 rings (SSSR count). The summed E-state index contributed by atoms with van der Waals surface area (Å²) >= 11 is 0. The molecule has 108 valence electrons. The van der Waals surface area contributed by atoms with Gasteiger partial charge in [-0.05, 0) is 55.0 Å². The zero-order chi connectivity index (χ0) is 13.8. The predicted molar refractivity (Wildman–Crippen MR) is 76.7 cm³/mol. The van der Waals surface area contributed by atoms with E-state index in [0.29, 0.717) is 22.8 Å². The first-order valence-corrected chi connectivity index (χ1v) is 7.87. The monoisotopic (exact) mass is 264 g/mol. The molecule has 0 aromatic rings. The lowest BCUT2D eigenvalue weighted by molar-refractivity contribution is -0.128. The van der Waals surface area contributed by atoms with Gasteiger partial charge in [0.25, 0.3) is 0 Å². The van der Waals surface area contributed by atoms with Crippen LogP contribution in [0.15, 0.2) is 0 Å². The Kier molecular flexibility index (Phi) is 2.97. The Morgan fingerprint density at radius 1 is 1.32 bits per heavy atom. The predicted octanol–water partition coefficient (Wildman–Crippen LogP) is 2.17. The number of hydrogen-bond acceptors (Lipinski definition) is 2. The maximum atomic E-state index is 12.4. The van der Waals surface area contributed by atoms with E-state index in [1.54, 1.807) is 0 Å². The molecule has 19 heavy (non-hydrogen) atoms. The van der Waals surface area contributed by atoms with Crippen LogP contribution in [0.25, 0.3) is 0 Å². The minimum atomic E-state index is 0.159. The highest BCUT2D eigenvalue weighted by Crippen LogP contribution is 2.65. The van der Waals surface area contributed by atoms with Crippen molar-refractivity contribution in [2.24, 2.45) is 28.6 Å². The normalized spacial score (nSPS) is 41.9. The van der Waals surface area contributed by atoms with Crippen LogP contribution in [0.2, 0.25) is 0 Å². The van der Waals surface area contributed by atoms with Crippen LogP contribution in [-0.2, 0) is 4.79 Å². The third-order valence-electron chi connectivity index (χ3n) is 7.04. The summed E-state index contributed by atoms with van der Waals surface area (Å²) in [6, 6.07) is 0.393. The first kappa shape index (κ1) is 13.4. The molecule has 3 nitrogen and oxygen atoms in total. The van der Waals surface area contributed by atoms with Gasteiger partial charge in [-0.3, -0.25) is 4.79 Å².